The lowest BCUT2D eigenvalue weighted by Gasteiger charge is -2.36. The molecular weight excluding hydrogens is 416 g/mol. The van der Waals surface area contributed by atoms with Gasteiger partial charge in [-0.2, -0.15) is 4.98 Å². The summed E-state index contributed by atoms with van der Waals surface area (Å²) in [6.45, 7) is 6.79. The van der Waals surface area contributed by atoms with Gasteiger partial charge in [0.1, 0.15) is 5.75 Å². The van der Waals surface area contributed by atoms with Crippen molar-refractivity contribution in [2.75, 3.05) is 37.7 Å². The first-order chi connectivity index (χ1) is 15.0. The molecule has 0 N–H and O–H groups in total. The zero-order chi connectivity index (χ0) is 21.8. The molecule has 1 saturated heterocycles. The molecular formula is C23H25ClN4O3. The number of halogens is 1. The van der Waals surface area contributed by atoms with Gasteiger partial charge in [0.2, 0.25) is 11.7 Å². The van der Waals surface area contributed by atoms with Crippen molar-refractivity contribution >= 4 is 23.2 Å². The summed E-state index contributed by atoms with van der Waals surface area (Å²) in [5.74, 6) is 1.92. The Morgan fingerprint density at radius 2 is 1.87 bits per heavy atom. The van der Waals surface area contributed by atoms with Crippen molar-refractivity contribution in [2.45, 2.75) is 20.3 Å². The SMILES string of the molecule is CCc1nc(-c2ccc(N3CCN(C(=O)COc4ccc(Cl)cc4C)CC3)cc2)no1. The predicted molar refractivity (Wildman–Crippen MR) is 120 cm³/mol. The van der Waals surface area contributed by atoms with Crippen LogP contribution in [-0.2, 0) is 11.2 Å². The van der Waals surface area contributed by atoms with Gasteiger partial charge in [-0.3, -0.25) is 4.79 Å². The van der Waals surface area contributed by atoms with E-state index in [-0.39, 0.29) is 12.5 Å². The standard InChI is InChI=1S/C23H25ClN4O3/c1-3-21-25-23(26-31-21)17-4-7-19(8-5-17)27-10-12-28(13-11-27)22(29)15-30-20-9-6-18(24)14-16(20)2/h4-9,14H,3,10-13,15H2,1-2H3. The Morgan fingerprint density at radius 3 is 2.52 bits per heavy atom. The third-order valence-electron chi connectivity index (χ3n) is 5.38. The van der Waals surface area contributed by atoms with E-state index < -0.39 is 0 Å². The number of aromatic nitrogens is 2. The van der Waals surface area contributed by atoms with Crippen LogP contribution in [0.5, 0.6) is 5.75 Å². The zero-order valence-corrected chi connectivity index (χ0v) is 18.4. The van der Waals surface area contributed by atoms with Crippen LogP contribution in [0.2, 0.25) is 5.02 Å². The van der Waals surface area contributed by atoms with Crippen molar-refractivity contribution in [2.24, 2.45) is 0 Å². The van der Waals surface area contributed by atoms with E-state index in [1.807, 2.05) is 36.9 Å². The molecule has 1 fully saturated rings. The molecule has 1 aliphatic heterocycles. The maximum absolute atomic E-state index is 12.6. The average molecular weight is 441 g/mol. The van der Waals surface area contributed by atoms with Crippen molar-refractivity contribution in [3.05, 3.63) is 58.9 Å². The molecule has 0 saturated carbocycles. The molecule has 2 heterocycles. The molecule has 0 aliphatic carbocycles. The monoisotopic (exact) mass is 440 g/mol. The molecule has 4 rings (SSSR count). The van der Waals surface area contributed by atoms with Gasteiger partial charge in [-0.1, -0.05) is 23.7 Å². The number of carbonyl (C=O) groups excluding carboxylic acids is 1. The second-order valence-corrected chi connectivity index (χ2v) is 7.91. The predicted octanol–water partition coefficient (Wildman–Crippen LogP) is 3.99. The summed E-state index contributed by atoms with van der Waals surface area (Å²) in [5.41, 5.74) is 2.96. The minimum atomic E-state index is -0.00631. The number of hydrogen-bond donors (Lipinski definition) is 0. The third kappa shape index (κ3) is 4.99. The number of carbonyl (C=O) groups is 1. The van der Waals surface area contributed by atoms with Gasteiger partial charge in [0.25, 0.3) is 5.91 Å². The fourth-order valence-electron chi connectivity index (χ4n) is 3.56. The Labute approximate surface area is 186 Å². The van der Waals surface area contributed by atoms with Crippen LogP contribution < -0.4 is 9.64 Å². The maximum Gasteiger partial charge on any atom is 0.260 e. The molecule has 8 heteroatoms. The Kier molecular flexibility index (Phi) is 6.42. The third-order valence-corrected chi connectivity index (χ3v) is 5.62. The molecule has 0 spiro atoms. The Morgan fingerprint density at radius 1 is 1.13 bits per heavy atom. The highest BCUT2D eigenvalue weighted by atomic mass is 35.5. The van der Waals surface area contributed by atoms with Gasteiger partial charge in [-0.15, -0.1) is 0 Å². The lowest BCUT2D eigenvalue weighted by molar-refractivity contribution is -0.133. The normalized spacial score (nSPS) is 14.0. The van der Waals surface area contributed by atoms with E-state index in [9.17, 15) is 4.79 Å². The molecule has 3 aromatic rings. The highest BCUT2D eigenvalue weighted by Crippen LogP contribution is 2.23. The van der Waals surface area contributed by atoms with Crippen LogP contribution in [0.3, 0.4) is 0 Å². The second-order valence-electron chi connectivity index (χ2n) is 7.48. The van der Waals surface area contributed by atoms with Crippen LogP contribution >= 0.6 is 11.6 Å². The minimum absolute atomic E-state index is 0.00631. The summed E-state index contributed by atoms with van der Waals surface area (Å²) in [7, 11) is 0. The van der Waals surface area contributed by atoms with Gasteiger partial charge in [-0.25, -0.2) is 0 Å². The number of benzene rings is 2. The molecule has 2 aromatic carbocycles. The van der Waals surface area contributed by atoms with Crippen molar-refractivity contribution in [1.82, 2.24) is 15.0 Å². The van der Waals surface area contributed by atoms with Crippen LogP contribution in [0.25, 0.3) is 11.4 Å². The van der Waals surface area contributed by atoms with Gasteiger partial charge in [0, 0.05) is 48.9 Å². The lowest BCUT2D eigenvalue weighted by Crippen LogP contribution is -2.50. The first-order valence-electron chi connectivity index (χ1n) is 10.4. The fourth-order valence-corrected chi connectivity index (χ4v) is 3.78. The van der Waals surface area contributed by atoms with Crippen molar-refractivity contribution in [1.29, 1.82) is 0 Å². The smallest absolute Gasteiger partial charge is 0.260 e. The molecule has 1 amide bonds. The van der Waals surface area contributed by atoms with Gasteiger partial charge >= 0.3 is 0 Å². The molecule has 0 bridgehead atoms. The van der Waals surface area contributed by atoms with Crippen LogP contribution in [-0.4, -0.2) is 53.7 Å². The van der Waals surface area contributed by atoms with E-state index in [0.717, 1.165) is 36.3 Å². The van der Waals surface area contributed by atoms with Crippen LogP contribution in [0.4, 0.5) is 5.69 Å². The van der Waals surface area contributed by atoms with Crippen molar-refractivity contribution < 1.29 is 14.1 Å². The largest absolute Gasteiger partial charge is 0.483 e. The van der Waals surface area contributed by atoms with E-state index in [1.54, 1.807) is 12.1 Å². The Hall–Kier alpha value is -3.06. The number of hydrogen-bond acceptors (Lipinski definition) is 6. The number of aryl methyl sites for hydroxylation is 2. The zero-order valence-electron chi connectivity index (χ0n) is 17.7. The second kappa shape index (κ2) is 9.39. The van der Waals surface area contributed by atoms with Gasteiger partial charge < -0.3 is 19.1 Å². The van der Waals surface area contributed by atoms with E-state index >= 15 is 0 Å². The van der Waals surface area contributed by atoms with Crippen LogP contribution in [0.15, 0.2) is 47.0 Å². The number of ether oxygens (including phenoxy) is 1. The molecule has 31 heavy (non-hydrogen) atoms. The maximum atomic E-state index is 12.6. The number of amides is 1. The lowest BCUT2D eigenvalue weighted by atomic mass is 10.1. The summed E-state index contributed by atoms with van der Waals surface area (Å²) in [4.78, 5) is 21.0. The minimum Gasteiger partial charge on any atom is -0.483 e. The highest BCUT2D eigenvalue weighted by molar-refractivity contribution is 6.30. The molecule has 1 aliphatic rings. The summed E-state index contributed by atoms with van der Waals surface area (Å²) in [6.07, 6.45) is 0.721. The Bertz CT molecular complexity index is 1040. The molecule has 0 unspecified atom stereocenters. The molecule has 162 valence electrons. The number of nitrogens with zero attached hydrogens (tertiary/aromatic N) is 4. The van der Waals surface area contributed by atoms with Gasteiger partial charge in [0.15, 0.2) is 6.61 Å². The van der Waals surface area contributed by atoms with Crippen LogP contribution in [0.1, 0.15) is 18.4 Å². The first-order valence-corrected chi connectivity index (χ1v) is 10.8. The van der Waals surface area contributed by atoms with Crippen molar-refractivity contribution in [3.63, 3.8) is 0 Å². The van der Waals surface area contributed by atoms with Crippen LogP contribution in [0, 0.1) is 6.92 Å². The molecule has 0 radical (unpaired) electrons. The van der Waals surface area contributed by atoms with Gasteiger partial charge in [-0.05, 0) is 55.0 Å². The number of anilines is 1. The van der Waals surface area contributed by atoms with E-state index in [4.69, 9.17) is 20.9 Å². The van der Waals surface area contributed by atoms with E-state index in [2.05, 4.69) is 27.2 Å². The number of piperazine rings is 1. The fraction of sp³-hybridized carbons (Fsp3) is 0.348. The average Bonchev–Trinajstić information content (AvgIpc) is 3.28. The summed E-state index contributed by atoms with van der Waals surface area (Å²) in [5, 5.41) is 4.67. The molecule has 7 nitrogen and oxygen atoms in total. The highest BCUT2D eigenvalue weighted by Gasteiger charge is 2.22. The summed E-state index contributed by atoms with van der Waals surface area (Å²) in [6, 6.07) is 13.5. The summed E-state index contributed by atoms with van der Waals surface area (Å²) < 4.78 is 10.9. The van der Waals surface area contributed by atoms with Gasteiger partial charge in [0.05, 0.1) is 0 Å². The quantitative estimate of drug-likeness (QED) is 0.577. The van der Waals surface area contributed by atoms with E-state index in [0.29, 0.717) is 35.6 Å². The summed E-state index contributed by atoms with van der Waals surface area (Å²) >= 11 is 5.97. The van der Waals surface area contributed by atoms with E-state index in [1.165, 1.54) is 0 Å². The van der Waals surface area contributed by atoms with Crippen molar-refractivity contribution in [3.8, 4) is 17.1 Å². The first kappa shape index (κ1) is 21.2. The topological polar surface area (TPSA) is 71.7 Å². The molecule has 0 atom stereocenters. The molecule has 1 aromatic heterocycles. The Balaban J connectivity index is 1.29. The number of rotatable bonds is 6.